The zero-order chi connectivity index (χ0) is 19.5. The lowest BCUT2D eigenvalue weighted by molar-refractivity contribution is 0.0920. The van der Waals surface area contributed by atoms with E-state index in [2.05, 4.69) is 5.32 Å². The van der Waals surface area contributed by atoms with Gasteiger partial charge in [-0.05, 0) is 29.3 Å². The highest BCUT2D eigenvalue weighted by atomic mass is 19.1. The molecule has 4 nitrogen and oxygen atoms in total. The molecule has 0 fully saturated rings. The fraction of sp³-hybridized carbons (Fsp3) is 0.0435. The summed E-state index contributed by atoms with van der Waals surface area (Å²) in [5.41, 5.74) is 1.50. The lowest BCUT2D eigenvalue weighted by atomic mass is 9.98. The zero-order valence-electron chi connectivity index (χ0n) is 14.8. The van der Waals surface area contributed by atoms with Crippen molar-refractivity contribution >= 4 is 16.7 Å². The summed E-state index contributed by atoms with van der Waals surface area (Å²) in [6.07, 6.45) is 0. The number of amides is 1. The predicted molar refractivity (Wildman–Crippen MR) is 105 cm³/mol. The summed E-state index contributed by atoms with van der Waals surface area (Å²) in [6, 6.07) is 22.2. The second kappa shape index (κ2) is 7.48. The molecule has 0 unspecified atom stereocenters. The highest BCUT2D eigenvalue weighted by molar-refractivity contribution is 6.07. The molecule has 1 N–H and O–H groups in total. The molecule has 4 rings (SSSR count). The number of hydrogen-bond donors (Lipinski definition) is 1. The second-order valence-corrected chi connectivity index (χ2v) is 6.31. The third-order valence-electron chi connectivity index (χ3n) is 4.47. The largest absolute Gasteiger partial charge is 0.416 e. The van der Waals surface area contributed by atoms with Crippen molar-refractivity contribution in [3.05, 3.63) is 106 Å². The molecule has 28 heavy (non-hydrogen) atoms. The molecule has 138 valence electrons. The lowest BCUT2D eigenvalue weighted by Gasteiger charge is -2.12. The van der Waals surface area contributed by atoms with E-state index in [0.717, 1.165) is 11.1 Å². The molecular weight excluding hydrogens is 357 g/mol. The second-order valence-electron chi connectivity index (χ2n) is 6.31. The van der Waals surface area contributed by atoms with Gasteiger partial charge in [0.05, 0.1) is 5.39 Å². The number of fused-ring (bicyclic) bond motifs is 1. The number of rotatable bonds is 4. The van der Waals surface area contributed by atoms with Gasteiger partial charge < -0.3 is 9.73 Å². The number of carbonyl (C=O) groups is 1. The van der Waals surface area contributed by atoms with E-state index in [1.807, 2.05) is 36.4 Å². The van der Waals surface area contributed by atoms with Crippen LogP contribution in [0.4, 0.5) is 4.39 Å². The molecule has 0 radical (unpaired) electrons. The molecule has 0 saturated carbocycles. The summed E-state index contributed by atoms with van der Waals surface area (Å²) in [6.45, 7) is 0.184. The molecular formula is C23H16FNO3. The Labute approximate surface area is 160 Å². The van der Waals surface area contributed by atoms with Crippen LogP contribution in [0.1, 0.15) is 16.1 Å². The average molecular weight is 373 g/mol. The van der Waals surface area contributed by atoms with Crippen molar-refractivity contribution in [2.75, 3.05) is 0 Å². The van der Waals surface area contributed by atoms with Gasteiger partial charge in [-0.3, -0.25) is 4.79 Å². The summed E-state index contributed by atoms with van der Waals surface area (Å²) in [7, 11) is 0. The fourth-order valence-corrected chi connectivity index (χ4v) is 3.12. The fourth-order valence-electron chi connectivity index (χ4n) is 3.12. The normalized spacial score (nSPS) is 10.8. The van der Waals surface area contributed by atoms with Gasteiger partial charge >= 0.3 is 5.63 Å². The van der Waals surface area contributed by atoms with Crippen molar-refractivity contribution in [1.82, 2.24) is 5.32 Å². The molecule has 1 aromatic heterocycles. The van der Waals surface area contributed by atoms with Crippen LogP contribution in [-0.4, -0.2) is 5.91 Å². The number of nitrogens with one attached hydrogen (secondary N) is 1. The van der Waals surface area contributed by atoms with Gasteiger partial charge in [0, 0.05) is 17.5 Å². The van der Waals surface area contributed by atoms with Crippen LogP contribution >= 0.6 is 0 Å². The molecule has 3 aromatic carbocycles. The molecule has 4 aromatic rings. The van der Waals surface area contributed by atoms with Crippen molar-refractivity contribution in [3.8, 4) is 11.1 Å². The Morgan fingerprint density at radius 1 is 0.857 bits per heavy atom. The standard InChI is InChI=1S/C23H16FNO3/c24-17-12-10-15(11-13-17)14-25-22(26)21-20(16-6-2-1-3-7-16)18-8-4-5-9-19(18)23(27)28-21/h1-13H,14H2,(H,25,26). The zero-order valence-corrected chi connectivity index (χ0v) is 14.8. The van der Waals surface area contributed by atoms with Crippen molar-refractivity contribution in [2.24, 2.45) is 0 Å². The van der Waals surface area contributed by atoms with Crippen LogP contribution in [0.2, 0.25) is 0 Å². The first-order valence-electron chi connectivity index (χ1n) is 8.77. The van der Waals surface area contributed by atoms with Gasteiger partial charge in [0.2, 0.25) is 5.76 Å². The molecule has 0 spiro atoms. The molecule has 0 aliphatic rings. The van der Waals surface area contributed by atoms with E-state index in [-0.39, 0.29) is 18.1 Å². The molecule has 1 heterocycles. The lowest BCUT2D eigenvalue weighted by Crippen LogP contribution is -2.25. The Bertz CT molecular complexity index is 1200. The number of benzene rings is 3. The molecule has 1 amide bonds. The molecule has 0 saturated heterocycles. The first kappa shape index (κ1) is 17.7. The molecule has 0 bridgehead atoms. The van der Waals surface area contributed by atoms with Gasteiger partial charge in [0.15, 0.2) is 0 Å². The van der Waals surface area contributed by atoms with Crippen molar-refractivity contribution in [1.29, 1.82) is 0 Å². The van der Waals surface area contributed by atoms with Gasteiger partial charge in [0.1, 0.15) is 5.82 Å². The topological polar surface area (TPSA) is 59.3 Å². The maximum Gasteiger partial charge on any atom is 0.344 e. The maximum absolute atomic E-state index is 13.0. The van der Waals surface area contributed by atoms with Crippen molar-refractivity contribution < 1.29 is 13.6 Å². The summed E-state index contributed by atoms with van der Waals surface area (Å²) in [5.74, 6) is -0.898. The smallest absolute Gasteiger partial charge is 0.344 e. The molecule has 0 atom stereocenters. The summed E-state index contributed by atoms with van der Waals surface area (Å²) in [4.78, 5) is 25.3. The van der Waals surface area contributed by atoms with E-state index in [0.29, 0.717) is 16.3 Å². The Balaban J connectivity index is 1.78. The van der Waals surface area contributed by atoms with E-state index in [1.54, 1.807) is 30.3 Å². The predicted octanol–water partition coefficient (Wildman–Crippen LogP) is 4.53. The van der Waals surface area contributed by atoms with Crippen molar-refractivity contribution in [2.45, 2.75) is 6.54 Å². The van der Waals surface area contributed by atoms with Gasteiger partial charge in [0.25, 0.3) is 5.91 Å². The van der Waals surface area contributed by atoms with Crippen LogP contribution in [0.5, 0.6) is 0 Å². The number of hydrogen-bond acceptors (Lipinski definition) is 3. The van der Waals surface area contributed by atoms with Crippen LogP contribution in [0.3, 0.4) is 0 Å². The molecule has 5 heteroatoms. The monoisotopic (exact) mass is 373 g/mol. The minimum atomic E-state index is -0.567. The van der Waals surface area contributed by atoms with E-state index >= 15 is 0 Å². The highest BCUT2D eigenvalue weighted by Crippen LogP contribution is 2.30. The van der Waals surface area contributed by atoms with Gasteiger partial charge in [-0.1, -0.05) is 60.7 Å². The number of halogens is 1. The molecule has 0 aliphatic heterocycles. The quantitative estimate of drug-likeness (QED) is 0.572. The van der Waals surface area contributed by atoms with Crippen LogP contribution in [0.25, 0.3) is 21.9 Å². The Hall–Kier alpha value is -3.73. The van der Waals surface area contributed by atoms with Crippen LogP contribution < -0.4 is 10.9 Å². The van der Waals surface area contributed by atoms with Crippen LogP contribution in [0.15, 0.2) is 88.1 Å². The number of carbonyl (C=O) groups excluding carboxylic acids is 1. The van der Waals surface area contributed by atoms with E-state index < -0.39 is 11.5 Å². The minimum absolute atomic E-state index is 0.0444. The Morgan fingerprint density at radius 3 is 2.21 bits per heavy atom. The summed E-state index contributed by atoms with van der Waals surface area (Å²) >= 11 is 0. The third kappa shape index (κ3) is 3.42. The Kier molecular flexibility index (Phi) is 4.72. The first-order chi connectivity index (χ1) is 13.6. The maximum atomic E-state index is 13.0. The first-order valence-corrected chi connectivity index (χ1v) is 8.77. The van der Waals surface area contributed by atoms with Gasteiger partial charge in [-0.2, -0.15) is 0 Å². The van der Waals surface area contributed by atoms with Gasteiger partial charge in [-0.25, -0.2) is 9.18 Å². The SMILES string of the molecule is O=C(NCc1ccc(F)cc1)c1oc(=O)c2ccccc2c1-c1ccccc1. The molecule has 0 aliphatic carbocycles. The van der Waals surface area contributed by atoms with E-state index in [1.165, 1.54) is 12.1 Å². The summed E-state index contributed by atoms with van der Waals surface area (Å²) < 4.78 is 18.5. The van der Waals surface area contributed by atoms with Gasteiger partial charge in [-0.15, -0.1) is 0 Å². The minimum Gasteiger partial charge on any atom is -0.416 e. The average Bonchev–Trinajstić information content (AvgIpc) is 2.74. The Morgan fingerprint density at radius 2 is 1.50 bits per heavy atom. The summed E-state index contributed by atoms with van der Waals surface area (Å²) in [5, 5.41) is 3.81. The van der Waals surface area contributed by atoms with Crippen LogP contribution in [-0.2, 0) is 6.54 Å². The highest BCUT2D eigenvalue weighted by Gasteiger charge is 2.21. The van der Waals surface area contributed by atoms with E-state index in [4.69, 9.17) is 4.42 Å². The van der Waals surface area contributed by atoms with E-state index in [9.17, 15) is 14.0 Å². The van der Waals surface area contributed by atoms with Crippen molar-refractivity contribution in [3.63, 3.8) is 0 Å². The third-order valence-corrected chi connectivity index (χ3v) is 4.47. The van der Waals surface area contributed by atoms with Crippen LogP contribution in [0, 0.1) is 5.82 Å².